The highest BCUT2D eigenvalue weighted by Crippen LogP contribution is 2.34. The van der Waals surface area contributed by atoms with Crippen LogP contribution in [0, 0.1) is 5.82 Å². The Morgan fingerprint density at radius 2 is 1.78 bits per heavy atom. The molecule has 0 saturated carbocycles. The Morgan fingerprint density at radius 3 is 2.41 bits per heavy atom. The van der Waals surface area contributed by atoms with Gasteiger partial charge in [0.2, 0.25) is 5.88 Å². The maximum Gasteiger partial charge on any atom is 0.222 e. The van der Waals surface area contributed by atoms with Crippen molar-refractivity contribution in [1.29, 1.82) is 0 Å². The first kappa shape index (κ1) is 23.9. The highest BCUT2D eigenvalue weighted by Gasteiger charge is 2.24. The lowest BCUT2D eigenvalue weighted by Crippen LogP contribution is -2.39. The molecule has 3 rings (SSSR count). The lowest BCUT2D eigenvalue weighted by Gasteiger charge is -2.29. The molecule has 6 nitrogen and oxygen atoms in total. The summed E-state index contributed by atoms with van der Waals surface area (Å²) in [6.45, 7) is 7.92. The van der Waals surface area contributed by atoms with E-state index in [9.17, 15) is 9.50 Å². The minimum Gasteiger partial charge on any atom is -0.439 e. The van der Waals surface area contributed by atoms with Crippen LogP contribution in [0.4, 0.5) is 4.39 Å². The number of aliphatic hydroxyl groups is 1. The predicted octanol–water partition coefficient (Wildman–Crippen LogP) is 4.63. The van der Waals surface area contributed by atoms with Crippen molar-refractivity contribution in [2.24, 2.45) is 7.05 Å². The fraction of sp³-hybridized carbons (Fsp3) is 0.400. The SMILES string of the molecule is CCOC[C@H](O)CN(Cc1c(-c2ccccc2)nn(C)c1Oc1ccc(F)cc1)C(C)C. The van der Waals surface area contributed by atoms with E-state index in [1.165, 1.54) is 12.1 Å². The number of halogens is 1. The van der Waals surface area contributed by atoms with Crippen LogP contribution in [0.3, 0.4) is 0 Å². The summed E-state index contributed by atoms with van der Waals surface area (Å²) in [5, 5.41) is 15.2. The zero-order chi connectivity index (χ0) is 23.1. The molecule has 7 heteroatoms. The number of hydrogen-bond acceptors (Lipinski definition) is 5. The van der Waals surface area contributed by atoms with E-state index in [1.807, 2.05) is 44.3 Å². The minimum atomic E-state index is -0.601. The van der Waals surface area contributed by atoms with E-state index >= 15 is 0 Å². The van der Waals surface area contributed by atoms with Crippen molar-refractivity contribution in [3.8, 4) is 22.9 Å². The van der Waals surface area contributed by atoms with Crippen molar-refractivity contribution in [3.05, 3.63) is 66.0 Å². The second-order valence-electron chi connectivity index (χ2n) is 8.01. The molecule has 2 aromatic carbocycles. The van der Waals surface area contributed by atoms with Gasteiger partial charge in [-0.1, -0.05) is 30.3 Å². The predicted molar refractivity (Wildman–Crippen MR) is 123 cm³/mol. The molecule has 0 aliphatic heterocycles. The number of benzene rings is 2. The zero-order valence-electron chi connectivity index (χ0n) is 19.2. The van der Waals surface area contributed by atoms with Crippen molar-refractivity contribution < 1.29 is 19.0 Å². The van der Waals surface area contributed by atoms with Crippen molar-refractivity contribution in [2.75, 3.05) is 19.8 Å². The summed E-state index contributed by atoms with van der Waals surface area (Å²) in [7, 11) is 1.83. The second-order valence-corrected chi connectivity index (χ2v) is 8.01. The molecule has 0 aliphatic rings. The lowest BCUT2D eigenvalue weighted by molar-refractivity contribution is 0.0132. The largest absolute Gasteiger partial charge is 0.439 e. The van der Waals surface area contributed by atoms with Gasteiger partial charge in [0.25, 0.3) is 0 Å². The van der Waals surface area contributed by atoms with Crippen molar-refractivity contribution in [2.45, 2.75) is 39.5 Å². The summed E-state index contributed by atoms with van der Waals surface area (Å²) in [5.74, 6) is 0.796. The average Bonchev–Trinajstić information content (AvgIpc) is 3.09. The van der Waals surface area contributed by atoms with Crippen molar-refractivity contribution in [3.63, 3.8) is 0 Å². The first-order valence-corrected chi connectivity index (χ1v) is 10.9. The minimum absolute atomic E-state index is 0.175. The summed E-state index contributed by atoms with van der Waals surface area (Å²) in [5.41, 5.74) is 2.70. The topological polar surface area (TPSA) is 59.8 Å². The molecular weight excluding hydrogens is 409 g/mol. The van der Waals surface area contributed by atoms with Crippen LogP contribution >= 0.6 is 0 Å². The third kappa shape index (κ3) is 6.16. The Balaban J connectivity index is 1.97. The molecule has 1 aromatic heterocycles. The maximum absolute atomic E-state index is 13.4. The first-order valence-electron chi connectivity index (χ1n) is 10.9. The molecule has 32 heavy (non-hydrogen) atoms. The summed E-state index contributed by atoms with van der Waals surface area (Å²) >= 11 is 0. The Kier molecular flexibility index (Phi) is 8.39. The van der Waals surface area contributed by atoms with Crippen LogP contribution in [0.15, 0.2) is 54.6 Å². The molecule has 0 bridgehead atoms. The lowest BCUT2D eigenvalue weighted by atomic mass is 10.1. The van der Waals surface area contributed by atoms with Gasteiger partial charge in [0, 0.05) is 38.3 Å². The van der Waals surface area contributed by atoms with Crippen LogP contribution in [0.1, 0.15) is 26.3 Å². The molecule has 0 aliphatic carbocycles. The number of hydrogen-bond donors (Lipinski definition) is 1. The average molecular weight is 442 g/mol. The molecule has 3 aromatic rings. The van der Waals surface area contributed by atoms with Gasteiger partial charge < -0.3 is 14.6 Å². The van der Waals surface area contributed by atoms with E-state index in [2.05, 4.69) is 18.7 Å². The molecule has 1 heterocycles. The second kappa shape index (κ2) is 11.2. The van der Waals surface area contributed by atoms with Crippen molar-refractivity contribution in [1.82, 2.24) is 14.7 Å². The van der Waals surface area contributed by atoms with Crippen LogP contribution in [-0.2, 0) is 18.3 Å². The highest BCUT2D eigenvalue weighted by atomic mass is 19.1. The Labute approximate surface area is 189 Å². The Morgan fingerprint density at radius 1 is 1.09 bits per heavy atom. The third-order valence-corrected chi connectivity index (χ3v) is 5.21. The van der Waals surface area contributed by atoms with E-state index in [1.54, 1.807) is 16.8 Å². The van der Waals surface area contributed by atoms with E-state index in [0.29, 0.717) is 31.3 Å². The first-order chi connectivity index (χ1) is 15.4. The maximum atomic E-state index is 13.4. The van der Waals surface area contributed by atoms with Crippen molar-refractivity contribution >= 4 is 0 Å². The van der Waals surface area contributed by atoms with Gasteiger partial charge >= 0.3 is 0 Å². The van der Waals surface area contributed by atoms with Crippen LogP contribution < -0.4 is 4.74 Å². The molecule has 0 amide bonds. The van der Waals surface area contributed by atoms with E-state index in [0.717, 1.165) is 16.8 Å². The van der Waals surface area contributed by atoms with Gasteiger partial charge in [-0.25, -0.2) is 9.07 Å². The summed E-state index contributed by atoms with van der Waals surface area (Å²) < 4.78 is 26.6. The number of ether oxygens (including phenoxy) is 2. The molecule has 1 N–H and O–H groups in total. The van der Waals surface area contributed by atoms with E-state index in [-0.39, 0.29) is 18.5 Å². The van der Waals surface area contributed by atoms with Crippen LogP contribution in [0.25, 0.3) is 11.3 Å². The summed E-state index contributed by atoms with van der Waals surface area (Å²) in [4.78, 5) is 2.17. The molecule has 0 saturated heterocycles. The number of aromatic nitrogens is 2. The molecule has 172 valence electrons. The number of aryl methyl sites for hydroxylation is 1. The van der Waals surface area contributed by atoms with E-state index in [4.69, 9.17) is 14.6 Å². The van der Waals surface area contributed by atoms with Crippen LogP contribution in [0.2, 0.25) is 0 Å². The van der Waals surface area contributed by atoms with Gasteiger partial charge in [-0.05, 0) is 45.0 Å². The fourth-order valence-electron chi connectivity index (χ4n) is 3.50. The molecule has 0 unspecified atom stereocenters. The zero-order valence-corrected chi connectivity index (χ0v) is 19.2. The van der Waals surface area contributed by atoms with Gasteiger partial charge in [0.05, 0.1) is 18.3 Å². The number of rotatable bonds is 11. The summed E-state index contributed by atoms with van der Waals surface area (Å²) in [6, 6.07) is 16.0. The summed E-state index contributed by atoms with van der Waals surface area (Å²) in [6.07, 6.45) is -0.601. The molecule has 0 radical (unpaired) electrons. The highest BCUT2D eigenvalue weighted by molar-refractivity contribution is 5.65. The standard InChI is InChI=1S/C25H32FN3O3/c1-5-31-17-21(30)15-29(18(2)3)16-23-24(19-9-7-6-8-10-19)27-28(4)25(23)32-22-13-11-20(26)12-14-22/h6-14,18,21,30H,5,15-17H2,1-4H3/t21-/m1/s1. The van der Waals surface area contributed by atoms with E-state index < -0.39 is 6.10 Å². The van der Waals surface area contributed by atoms with Gasteiger partial charge in [0.15, 0.2) is 0 Å². The van der Waals surface area contributed by atoms with Gasteiger partial charge in [-0.15, -0.1) is 0 Å². The smallest absolute Gasteiger partial charge is 0.222 e. The Bertz CT molecular complexity index is 974. The number of nitrogens with zero attached hydrogens (tertiary/aromatic N) is 3. The third-order valence-electron chi connectivity index (χ3n) is 5.21. The Hall–Kier alpha value is -2.74. The van der Waals surface area contributed by atoms with Gasteiger partial charge in [-0.3, -0.25) is 4.90 Å². The quantitative estimate of drug-likeness (QED) is 0.470. The van der Waals surface area contributed by atoms with Crippen LogP contribution in [0.5, 0.6) is 11.6 Å². The molecule has 0 spiro atoms. The van der Waals surface area contributed by atoms with Gasteiger partial charge in [-0.2, -0.15) is 5.10 Å². The monoisotopic (exact) mass is 441 g/mol. The van der Waals surface area contributed by atoms with Crippen LogP contribution in [-0.4, -0.2) is 51.7 Å². The molecular formula is C25H32FN3O3. The normalized spacial score (nSPS) is 12.5. The van der Waals surface area contributed by atoms with Gasteiger partial charge in [0.1, 0.15) is 17.3 Å². The number of aliphatic hydroxyl groups excluding tert-OH is 1. The fourth-order valence-corrected chi connectivity index (χ4v) is 3.50. The molecule has 1 atom stereocenters. The molecule has 0 fully saturated rings.